The molecule has 1 aliphatic rings. The molecule has 94 valence electrons. The van der Waals surface area contributed by atoms with Gasteiger partial charge < -0.3 is 15.4 Å². The normalized spacial score (nSPS) is 20.2. The molecule has 0 aliphatic carbocycles. The molecule has 1 saturated heterocycles. The van der Waals surface area contributed by atoms with Gasteiger partial charge in [0.05, 0.1) is 0 Å². The number of benzene rings is 1. The number of hydrogen-bond acceptors (Lipinski definition) is 3. The zero-order chi connectivity index (χ0) is 12.3. The largest absolute Gasteiger partial charge is 0.490 e. The van der Waals surface area contributed by atoms with Gasteiger partial charge in [-0.1, -0.05) is 18.2 Å². The lowest BCUT2D eigenvalue weighted by molar-refractivity contribution is 0.113. The molecule has 1 aromatic rings. The third kappa shape index (κ3) is 3.20. The van der Waals surface area contributed by atoms with Crippen LogP contribution in [-0.2, 0) is 0 Å². The monoisotopic (exact) mass is 234 g/mol. The van der Waals surface area contributed by atoms with Crippen molar-refractivity contribution in [1.82, 2.24) is 4.90 Å². The Kier molecular flexibility index (Phi) is 4.02. The molecule has 1 aliphatic heterocycles. The Bertz CT molecular complexity index is 357. The third-order valence-electron chi connectivity index (χ3n) is 3.37. The fourth-order valence-corrected chi connectivity index (χ4v) is 2.25. The standard InChI is InChI=1S/C14H22N2O/c1-11(15)13-5-3-4-6-14(13)17-12-7-9-16(2)10-8-12/h3-6,11-12H,7-10,15H2,1-2H3/t11-/m0/s1. The van der Waals surface area contributed by atoms with Gasteiger partial charge in [-0.15, -0.1) is 0 Å². The lowest BCUT2D eigenvalue weighted by Gasteiger charge is -2.30. The van der Waals surface area contributed by atoms with Gasteiger partial charge in [0.25, 0.3) is 0 Å². The molecule has 0 bridgehead atoms. The van der Waals surface area contributed by atoms with Crippen molar-refractivity contribution in [2.24, 2.45) is 5.73 Å². The Balaban J connectivity index is 2.03. The van der Waals surface area contributed by atoms with Crippen LogP contribution >= 0.6 is 0 Å². The number of ether oxygens (including phenoxy) is 1. The van der Waals surface area contributed by atoms with E-state index >= 15 is 0 Å². The molecule has 2 rings (SSSR count). The second-order valence-corrected chi connectivity index (χ2v) is 4.95. The van der Waals surface area contributed by atoms with Crippen LogP contribution in [0.1, 0.15) is 31.4 Å². The molecule has 17 heavy (non-hydrogen) atoms. The molecule has 0 saturated carbocycles. The maximum absolute atomic E-state index is 6.09. The predicted octanol–water partition coefficient (Wildman–Crippen LogP) is 2.18. The molecular weight excluding hydrogens is 212 g/mol. The number of rotatable bonds is 3. The minimum Gasteiger partial charge on any atom is -0.490 e. The van der Waals surface area contributed by atoms with Crippen molar-refractivity contribution >= 4 is 0 Å². The van der Waals surface area contributed by atoms with Crippen LogP contribution in [0.15, 0.2) is 24.3 Å². The first-order valence-electron chi connectivity index (χ1n) is 6.36. The van der Waals surface area contributed by atoms with Gasteiger partial charge in [0, 0.05) is 24.7 Å². The number of nitrogens with zero attached hydrogens (tertiary/aromatic N) is 1. The predicted molar refractivity (Wildman–Crippen MR) is 70.2 cm³/mol. The Morgan fingerprint density at radius 3 is 2.59 bits per heavy atom. The van der Waals surface area contributed by atoms with E-state index < -0.39 is 0 Å². The summed E-state index contributed by atoms with van der Waals surface area (Å²) in [5, 5.41) is 0. The van der Waals surface area contributed by atoms with E-state index in [2.05, 4.69) is 18.0 Å². The van der Waals surface area contributed by atoms with E-state index in [1.54, 1.807) is 0 Å². The van der Waals surface area contributed by atoms with Crippen LogP contribution in [-0.4, -0.2) is 31.1 Å². The van der Waals surface area contributed by atoms with Crippen molar-refractivity contribution in [2.45, 2.75) is 31.9 Å². The minimum atomic E-state index is 0.0254. The van der Waals surface area contributed by atoms with Gasteiger partial charge in [-0.05, 0) is 32.9 Å². The number of nitrogens with two attached hydrogens (primary N) is 1. The van der Waals surface area contributed by atoms with Gasteiger partial charge >= 0.3 is 0 Å². The Hall–Kier alpha value is -1.06. The van der Waals surface area contributed by atoms with Gasteiger partial charge in [0.2, 0.25) is 0 Å². The molecule has 0 amide bonds. The zero-order valence-corrected chi connectivity index (χ0v) is 10.7. The number of para-hydroxylation sites is 1. The van der Waals surface area contributed by atoms with Crippen molar-refractivity contribution in [3.8, 4) is 5.75 Å². The molecule has 1 fully saturated rings. The van der Waals surface area contributed by atoms with Crippen molar-refractivity contribution in [2.75, 3.05) is 20.1 Å². The number of piperidine rings is 1. The summed E-state index contributed by atoms with van der Waals surface area (Å²) in [6.45, 7) is 4.23. The summed E-state index contributed by atoms with van der Waals surface area (Å²) >= 11 is 0. The Morgan fingerprint density at radius 2 is 1.94 bits per heavy atom. The highest BCUT2D eigenvalue weighted by atomic mass is 16.5. The number of hydrogen-bond donors (Lipinski definition) is 1. The molecule has 3 nitrogen and oxygen atoms in total. The van der Waals surface area contributed by atoms with Crippen LogP contribution in [0.25, 0.3) is 0 Å². The van der Waals surface area contributed by atoms with E-state index in [4.69, 9.17) is 10.5 Å². The van der Waals surface area contributed by atoms with Crippen molar-refractivity contribution in [1.29, 1.82) is 0 Å². The second-order valence-electron chi connectivity index (χ2n) is 4.95. The van der Waals surface area contributed by atoms with Gasteiger partial charge in [0.15, 0.2) is 0 Å². The molecule has 1 aromatic carbocycles. The minimum absolute atomic E-state index is 0.0254. The van der Waals surface area contributed by atoms with Gasteiger partial charge in [-0.3, -0.25) is 0 Å². The van der Waals surface area contributed by atoms with E-state index in [1.165, 1.54) is 0 Å². The molecule has 0 spiro atoms. The van der Waals surface area contributed by atoms with E-state index in [-0.39, 0.29) is 6.04 Å². The van der Waals surface area contributed by atoms with Crippen molar-refractivity contribution in [3.05, 3.63) is 29.8 Å². The number of likely N-dealkylation sites (tertiary alicyclic amines) is 1. The lowest BCUT2D eigenvalue weighted by atomic mass is 10.1. The van der Waals surface area contributed by atoms with E-state index in [9.17, 15) is 0 Å². The third-order valence-corrected chi connectivity index (χ3v) is 3.37. The average Bonchev–Trinajstić information content (AvgIpc) is 2.32. The molecular formula is C14H22N2O. The maximum atomic E-state index is 6.09. The maximum Gasteiger partial charge on any atom is 0.124 e. The van der Waals surface area contributed by atoms with Gasteiger partial charge in [0.1, 0.15) is 11.9 Å². The van der Waals surface area contributed by atoms with Crippen molar-refractivity contribution < 1.29 is 4.74 Å². The molecule has 1 heterocycles. The highest BCUT2D eigenvalue weighted by Gasteiger charge is 2.19. The summed E-state index contributed by atoms with van der Waals surface area (Å²) in [6.07, 6.45) is 2.54. The second kappa shape index (κ2) is 5.52. The first-order valence-corrected chi connectivity index (χ1v) is 6.36. The van der Waals surface area contributed by atoms with Crippen LogP contribution < -0.4 is 10.5 Å². The molecule has 3 heteroatoms. The quantitative estimate of drug-likeness (QED) is 0.871. The Morgan fingerprint density at radius 1 is 1.29 bits per heavy atom. The van der Waals surface area contributed by atoms with Crippen LogP contribution in [0, 0.1) is 0 Å². The average molecular weight is 234 g/mol. The van der Waals surface area contributed by atoms with Crippen molar-refractivity contribution in [3.63, 3.8) is 0 Å². The van der Waals surface area contributed by atoms with Gasteiger partial charge in [-0.2, -0.15) is 0 Å². The molecule has 1 atom stereocenters. The van der Waals surface area contributed by atoms with Gasteiger partial charge in [-0.25, -0.2) is 0 Å². The Labute approximate surface area is 104 Å². The summed E-state index contributed by atoms with van der Waals surface area (Å²) in [6, 6.07) is 8.12. The topological polar surface area (TPSA) is 38.5 Å². The first-order chi connectivity index (χ1) is 8.16. The SMILES string of the molecule is C[C@H](N)c1ccccc1OC1CCN(C)CC1. The fraction of sp³-hybridized carbons (Fsp3) is 0.571. The molecule has 0 radical (unpaired) electrons. The van der Waals surface area contributed by atoms with E-state index in [0.29, 0.717) is 6.10 Å². The fourth-order valence-electron chi connectivity index (χ4n) is 2.25. The summed E-state index contributed by atoms with van der Waals surface area (Å²) in [5.74, 6) is 0.956. The summed E-state index contributed by atoms with van der Waals surface area (Å²) in [5.41, 5.74) is 7.06. The van der Waals surface area contributed by atoms with Crippen LogP contribution in [0.5, 0.6) is 5.75 Å². The summed E-state index contributed by atoms with van der Waals surface area (Å²) in [7, 11) is 2.16. The molecule has 2 N–H and O–H groups in total. The lowest BCUT2D eigenvalue weighted by Crippen LogP contribution is -2.35. The van der Waals surface area contributed by atoms with E-state index in [0.717, 1.165) is 37.2 Å². The molecule has 0 unspecified atom stereocenters. The van der Waals surface area contributed by atoms with Crippen LogP contribution in [0.4, 0.5) is 0 Å². The van der Waals surface area contributed by atoms with Crippen LogP contribution in [0.2, 0.25) is 0 Å². The highest BCUT2D eigenvalue weighted by Crippen LogP contribution is 2.26. The molecule has 0 aromatic heterocycles. The smallest absolute Gasteiger partial charge is 0.124 e. The summed E-state index contributed by atoms with van der Waals surface area (Å²) in [4.78, 5) is 2.34. The zero-order valence-electron chi connectivity index (χ0n) is 10.7. The first kappa shape index (κ1) is 12.4. The van der Waals surface area contributed by atoms with Crippen LogP contribution in [0.3, 0.4) is 0 Å². The highest BCUT2D eigenvalue weighted by molar-refractivity contribution is 5.35. The van der Waals surface area contributed by atoms with E-state index in [1.807, 2.05) is 25.1 Å². The summed E-state index contributed by atoms with van der Waals surface area (Å²) < 4.78 is 6.09.